The number of hydrogen-bond acceptors (Lipinski definition) is 3. The first-order valence-corrected chi connectivity index (χ1v) is 5.49. The third kappa shape index (κ3) is 3.30. The van der Waals surface area contributed by atoms with Crippen molar-refractivity contribution in [1.29, 1.82) is 5.26 Å². The maximum Gasteiger partial charge on any atom is 0.242 e. The summed E-state index contributed by atoms with van der Waals surface area (Å²) in [5.41, 5.74) is 1.20. The van der Waals surface area contributed by atoms with Crippen LogP contribution in [-0.2, 0) is 11.4 Å². The van der Waals surface area contributed by atoms with Crippen LogP contribution in [0.2, 0.25) is 0 Å². The minimum atomic E-state index is -0.679. The Kier molecular flexibility index (Phi) is 4.68. The van der Waals surface area contributed by atoms with Crippen LogP contribution in [0.1, 0.15) is 19.4 Å². The Balaban J connectivity index is 2.84. The first-order valence-electron chi connectivity index (χ1n) is 5.49. The van der Waals surface area contributed by atoms with E-state index in [-0.39, 0.29) is 18.4 Å². The molecule has 1 rings (SSSR count). The second kappa shape index (κ2) is 6.02. The normalized spacial score (nSPS) is 11.9. The summed E-state index contributed by atoms with van der Waals surface area (Å²) in [5, 5.41) is 20.7. The maximum atomic E-state index is 11.8. The van der Waals surface area contributed by atoms with Crippen LogP contribution >= 0.6 is 0 Å². The molecule has 4 nitrogen and oxygen atoms in total. The summed E-state index contributed by atoms with van der Waals surface area (Å²) in [4.78, 5) is 11.8. The van der Waals surface area contributed by atoms with E-state index in [0.29, 0.717) is 11.3 Å². The third-order valence-electron chi connectivity index (χ3n) is 2.53. The molecule has 1 unspecified atom stereocenters. The average Bonchev–Trinajstić information content (AvgIpc) is 2.30. The van der Waals surface area contributed by atoms with Gasteiger partial charge in [0.2, 0.25) is 5.91 Å². The number of benzene rings is 1. The number of rotatable bonds is 4. The van der Waals surface area contributed by atoms with Crippen LogP contribution in [-0.4, -0.2) is 11.0 Å². The van der Waals surface area contributed by atoms with Gasteiger partial charge in [-0.3, -0.25) is 4.79 Å². The average molecular weight is 232 g/mol. The van der Waals surface area contributed by atoms with E-state index < -0.39 is 5.92 Å². The number of nitrogens with zero attached hydrogens (tertiary/aromatic N) is 1. The van der Waals surface area contributed by atoms with Gasteiger partial charge in [0.1, 0.15) is 5.92 Å². The number of nitriles is 1. The SMILES string of the molecule is CC(C)C(C#N)C(=O)Nc1ccccc1CO. The van der Waals surface area contributed by atoms with Crippen LogP contribution in [0, 0.1) is 23.2 Å². The lowest BCUT2D eigenvalue weighted by Gasteiger charge is -2.14. The molecule has 0 aromatic heterocycles. The Bertz CT molecular complexity index is 435. The smallest absolute Gasteiger partial charge is 0.242 e. The highest BCUT2D eigenvalue weighted by molar-refractivity contribution is 5.94. The lowest BCUT2D eigenvalue weighted by atomic mass is 9.96. The van der Waals surface area contributed by atoms with Crippen molar-refractivity contribution in [3.63, 3.8) is 0 Å². The van der Waals surface area contributed by atoms with Gasteiger partial charge in [-0.1, -0.05) is 32.0 Å². The Morgan fingerprint density at radius 1 is 1.47 bits per heavy atom. The number of aliphatic hydroxyl groups excluding tert-OH is 1. The van der Waals surface area contributed by atoms with Crippen LogP contribution < -0.4 is 5.32 Å². The number of hydrogen-bond donors (Lipinski definition) is 2. The van der Waals surface area contributed by atoms with Crippen LogP contribution in [0.5, 0.6) is 0 Å². The first-order chi connectivity index (χ1) is 8.10. The Morgan fingerprint density at radius 3 is 2.65 bits per heavy atom. The van der Waals surface area contributed by atoms with Crippen molar-refractivity contribution < 1.29 is 9.90 Å². The molecule has 2 N–H and O–H groups in total. The zero-order chi connectivity index (χ0) is 12.8. The van der Waals surface area contributed by atoms with Gasteiger partial charge in [-0.15, -0.1) is 0 Å². The zero-order valence-electron chi connectivity index (χ0n) is 9.97. The lowest BCUT2D eigenvalue weighted by Crippen LogP contribution is -2.26. The Hall–Kier alpha value is -1.86. The molecule has 1 atom stereocenters. The van der Waals surface area contributed by atoms with Crippen molar-refractivity contribution in [2.75, 3.05) is 5.32 Å². The number of anilines is 1. The number of aliphatic hydroxyl groups is 1. The summed E-state index contributed by atoms with van der Waals surface area (Å²) in [7, 11) is 0. The van der Waals surface area contributed by atoms with E-state index >= 15 is 0 Å². The molecule has 0 heterocycles. The Morgan fingerprint density at radius 2 is 2.12 bits per heavy atom. The van der Waals surface area contributed by atoms with E-state index in [9.17, 15) is 4.79 Å². The van der Waals surface area contributed by atoms with E-state index in [2.05, 4.69) is 5.32 Å². The molecule has 1 aromatic carbocycles. The van der Waals surface area contributed by atoms with Gasteiger partial charge < -0.3 is 10.4 Å². The van der Waals surface area contributed by atoms with Crippen LogP contribution in [0.25, 0.3) is 0 Å². The highest BCUT2D eigenvalue weighted by Gasteiger charge is 2.22. The topological polar surface area (TPSA) is 73.1 Å². The highest BCUT2D eigenvalue weighted by atomic mass is 16.3. The van der Waals surface area contributed by atoms with E-state index in [4.69, 9.17) is 10.4 Å². The summed E-state index contributed by atoms with van der Waals surface area (Å²) in [5.74, 6) is -1.05. The minimum Gasteiger partial charge on any atom is -0.392 e. The number of amides is 1. The van der Waals surface area contributed by atoms with Crippen LogP contribution in [0.4, 0.5) is 5.69 Å². The molecule has 4 heteroatoms. The fourth-order valence-corrected chi connectivity index (χ4v) is 1.50. The number of para-hydroxylation sites is 1. The monoisotopic (exact) mass is 232 g/mol. The lowest BCUT2D eigenvalue weighted by molar-refractivity contribution is -0.119. The van der Waals surface area contributed by atoms with Gasteiger partial charge >= 0.3 is 0 Å². The summed E-state index contributed by atoms with van der Waals surface area (Å²) >= 11 is 0. The standard InChI is InChI=1S/C13H16N2O2/c1-9(2)11(7-14)13(17)15-12-6-4-3-5-10(12)8-16/h3-6,9,11,16H,8H2,1-2H3,(H,15,17). The molecule has 0 spiro atoms. The molecule has 0 aliphatic rings. The van der Waals surface area contributed by atoms with Crippen molar-refractivity contribution in [3.05, 3.63) is 29.8 Å². The van der Waals surface area contributed by atoms with Gasteiger partial charge in [0.05, 0.1) is 12.7 Å². The van der Waals surface area contributed by atoms with Gasteiger partial charge in [-0.05, 0) is 12.0 Å². The third-order valence-corrected chi connectivity index (χ3v) is 2.53. The molecule has 0 fully saturated rings. The number of nitrogens with one attached hydrogen (secondary N) is 1. The number of carbonyl (C=O) groups is 1. The molecule has 0 aliphatic carbocycles. The molecule has 1 aromatic rings. The van der Waals surface area contributed by atoms with Crippen molar-refractivity contribution in [1.82, 2.24) is 0 Å². The molecule has 17 heavy (non-hydrogen) atoms. The van der Waals surface area contributed by atoms with E-state index in [1.807, 2.05) is 19.9 Å². The van der Waals surface area contributed by atoms with E-state index in [0.717, 1.165) is 0 Å². The van der Waals surface area contributed by atoms with Crippen molar-refractivity contribution in [3.8, 4) is 6.07 Å². The van der Waals surface area contributed by atoms with Gasteiger partial charge in [-0.2, -0.15) is 5.26 Å². The fraction of sp³-hybridized carbons (Fsp3) is 0.385. The van der Waals surface area contributed by atoms with Gasteiger partial charge in [-0.25, -0.2) is 0 Å². The van der Waals surface area contributed by atoms with Crippen molar-refractivity contribution in [2.45, 2.75) is 20.5 Å². The number of carbonyl (C=O) groups excluding carboxylic acids is 1. The molecular weight excluding hydrogens is 216 g/mol. The summed E-state index contributed by atoms with van der Waals surface area (Å²) in [6.45, 7) is 3.51. The summed E-state index contributed by atoms with van der Waals surface area (Å²) in [6.07, 6.45) is 0. The predicted octanol–water partition coefficient (Wildman–Crippen LogP) is 1.91. The molecule has 0 bridgehead atoms. The van der Waals surface area contributed by atoms with Gasteiger partial charge in [0.15, 0.2) is 0 Å². The molecule has 0 aliphatic heterocycles. The summed E-state index contributed by atoms with van der Waals surface area (Å²) in [6, 6.07) is 8.97. The van der Waals surface area contributed by atoms with Crippen molar-refractivity contribution >= 4 is 11.6 Å². The van der Waals surface area contributed by atoms with Crippen molar-refractivity contribution in [2.24, 2.45) is 11.8 Å². The largest absolute Gasteiger partial charge is 0.392 e. The van der Waals surface area contributed by atoms with Gasteiger partial charge in [0.25, 0.3) is 0 Å². The molecule has 0 radical (unpaired) electrons. The second-order valence-corrected chi connectivity index (χ2v) is 4.16. The van der Waals surface area contributed by atoms with E-state index in [1.54, 1.807) is 24.3 Å². The Labute approximate surface area is 101 Å². The molecule has 1 amide bonds. The first kappa shape index (κ1) is 13.2. The fourth-order valence-electron chi connectivity index (χ4n) is 1.50. The van der Waals surface area contributed by atoms with Gasteiger partial charge in [0, 0.05) is 11.3 Å². The second-order valence-electron chi connectivity index (χ2n) is 4.16. The molecule has 0 saturated carbocycles. The minimum absolute atomic E-state index is 0.0405. The highest BCUT2D eigenvalue weighted by Crippen LogP contribution is 2.18. The van der Waals surface area contributed by atoms with Crippen LogP contribution in [0.3, 0.4) is 0 Å². The zero-order valence-corrected chi connectivity index (χ0v) is 9.97. The van der Waals surface area contributed by atoms with Crippen LogP contribution in [0.15, 0.2) is 24.3 Å². The molecule has 0 saturated heterocycles. The summed E-state index contributed by atoms with van der Waals surface area (Å²) < 4.78 is 0. The molecular formula is C13H16N2O2. The quantitative estimate of drug-likeness (QED) is 0.832. The predicted molar refractivity (Wildman–Crippen MR) is 64.9 cm³/mol. The maximum absolute atomic E-state index is 11.8. The molecule has 90 valence electrons. The van der Waals surface area contributed by atoms with E-state index in [1.165, 1.54) is 0 Å².